The number of carboxylic acids is 2. The van der Waals surface area contributed by atoms with E-state index in [4.69, 9.17) is 33.4 Å². The number of nitrogens with one attached hydrogen (secondary N) is 2. The van der Waals surface area contributed by atoms with Crippen molar-refractivity contribution in [3.05, 3.63) is 188 Å². The SMILES string of the molecule is CC(C)c1cc(C(C)C)c(S(=O)(=O)Nc2ccccc2CCc2ccc(C(=O)O)cc2)c(C(C)C)c1.O=C(O)c1ccc(CCc2ccccc2NS(=O)(=O)c2cc(Cl)ccc2Cl)cc1. The van der Waals surface area contributed by atoms with Crippen LogP contribution in [0.4, 0.5) is 11.4 Å². The number of aromatic carboxylic acids is 2. The minimum absolute atomic E-state index is 0.0526. The number of benzene rings is 6. The predicted molar refractivity (Wildman–Crippen MR) is 261 cm³/mol. The highest BCUT2D eigenvalue weighted by molar-refractivity contribution is 7.93. The lowest BCUT2D eigenvalue weighted by molar-refractivity contribution is 0.0686. The molecule has 10 nitrogen and oxygen atoms in total. The van der Waals surface area contributed by atoms with Gasteiger partial charge in [-0.2, -0.15) is 0 Å². The minimum atomic E-state index is -3.92. The number of carboxylic acid groups (broad SMARTS) is 2. The number of sulfonamides is 2. The summed E-state index contributed by atoms with van der Waals surface area (Å²) < 4.78 is 58.9. The van der Waals surface area contributed by atoms with Crippen molar-refractivity contribution in [1.82, 2.24) is 0 Å². The molecule has 0 radical (unpaired) electrons. The van der Waals surface area contributed by atoms with Crippen molar-refractivity contribution in [2.24, 2.45) is 0 Å². The highest BCUT2D eigenvalue weighted by Crippen LogP contribution is 2.37. The number of rotatable bonds is 17. The van der Waals surface area contributed by atoms with Crippen LogP contribution in [0.2, 0.25) is 10.0 Å². The lowest BCUT2D eigenvalue weighted by atomic mass is 9.89. The summed E-state index contributed by atoms with van der Waals surface area (Å²) in [7, 11) is -7.76. The van der Waals surface area contributed by atoms with Gasteiger partial charge >= 0.3 is 11.9 Å². The van der Waals surface area contributed by atoms with Crippen molar-refractivity contribution in [2.75, 3.05) is 9.44 Å². The molecule has 0 unspecified atom stereocenters. The molecule has 0 heterocycles. The summed E-state index contributed by atoms with van der Waals surface area (Å²) in [5.41, 5.74) is 7.95. The van der Waals surface area contributed by atoms with Crippen LogP contribution in [-0.2, 0) is 45.7 Å². The average Bonchev–Trinajstić information content (AvgIpc) is 3.26. The molecule has 0 atom stereocenters. The third-order valence-corrected chi connectivity index (χ3v) is 14.4. The van der Waals surface area contributed by atoms with Crippen LogP contribution in [0.15, 0.2) is 137 Å². The molecule has 6 aromatic carbocycles. The van der Waals surface area contributed by atoms with E-state index in [0.717, 1.165) is 38.9 Å². The molecule has 14 heteroatoms. The van der Waals surface area contributed by atoms with E-state index in [-0.39, 0.29) is 37.9 Å². The fourth-order valence-electron chi connectivity index (χ4n) is 7.14. The maximum atomic E-state index is 13.9. The van der Waals surface area contributed by atoms with E-state index >= 15 is 0 Å². The van der Waals surface area contributed by atoms with Crippen LogP contribution >= 0.6 is 23.2 Å². The lowest BCUT2D eigenvalue weighted by Crippen LogP contribution is -2.20. The molecule has 0 bridgehead atoms. The van der Waals surface area contributed by atoms with Crippen molar-refractivity contribution in [3.63, 3.8) is 0 Å². The molecule has 0 aliphatic rings. The molecule has 0 spiro atoms. The fourth-order valence-corrected chi connectivity index (χ4v) is 10.8. The van der Waals surface area contributed by atoms with Crippen LogP contribution in [0.5, 0.6) is 0 Å². The highest BCUT2D eigenvalue weighted by atomic mass is 35.5. The number of hydrogen-bond donors (Lipinski definition) is 4. The zero-order chi connectivity index (χ0) is 47.6. The van der Waals surface area contributed by atoms with Crippen LogP contribution in [-0.4, -0.2) is 39.0 Å². The second kappa shape index (κ2) is 22.0. The lowest BCUT2D eigenvalue weighted by Gasteiger charge is -2.23. The summed E-state index contributed by atoms with van der Waals surface area (Å²) in [6.45, 7) is 12.4. The largest absolute Gasteiger partial charge is 0.478 e. The molecule has 4 N–H and O–H groups in total. The molecule has 0 aromatic heterocycles. The number of para-hydroxylation sites is 2. The van der Waals surface area contributed by atoms with E-state index in [0.29, 0.717) is 47.9 Å². The van der Waals surface area contributed by atoms with E-state index in [2.05, 4.69) is 23.3 Å². The van der Waals surface area contributed by atoms with E-state index in [1.165, 1.54) is 18.2 Å². The van der Waals surface area contributed by atoms with Gasteiger partial charge in [-0.15, -0.1) is 0 Å². The van der Waals surface area contributed by atoms with Gasteiger partial charge in [-0.3, -0.25) is 9.44 Å². The topological polar surface area (TPSA) is 167 Å². The molecule has 0 aliphatic heterocycles. The standard InChI is InChI=1S/C30H37NO4S.C21H17Cl2NO4S/c1-19(2)25-17-26(20(3)4)29(27(18-25)21(5)6)36(34,35)31-28-10-8-7-9-23(28)14-11-22-12-15-24(16-13-22)30(32)33;22-17-11-12-18(23)20(13-17)29(27,28)24-19-4-2-1-3-15(19)8-5-14-6-9-16(10-7-14)21(25)26/h7-10,12-13,15-21,31H,11,14H2,1-6H3,(H,32,33);1-4,6-7,9-13,24H,5,8H2,(H,25,26). The molecule has 65 heavy (non-hydrogen) atoms. The van der Waals surface area contributed by atoms with Crippen LogP contribution in [0.3, 0.4) is 0 Å². The molecule has 6 rings (SSSR count). The summed E-state index contributed by atoms with van der Waals surface area (Å²) in [6, 6.07) is 36.3. The second-order valence-electron chi connectivity index (χ2n) is 16.6. The fraction of sp³-hybridized carbons (Fsp3) is 0.255. The number of hydrogen-bond acceptors (Lipinski definition) is 6. The second-order valence-corrected chi connectivity index (χ2v) is 20.7. The molecule has 0 saturated heterocycles. The number of halogens is 2. The van der Waals surface area contributed by atoms with Gasteiger partial charge in [0.05, 0.1) is 32.4 Å². The smallest absolute Gasteiger partial charge is 0.335 e. The van der Waals surface area contributed by atoms with Crippen molar-refractivity contribution in [2.45, 2.75) is 94.8 Å². The predicted octanol–water partition coefficient (Wildman–Crippen LogP) is 12.6. The summed E-state index contributed by atoms with van der Waals surface area (Å²) in [5, 5.41) is 18.4. The van der Waals surface area contributed by atoms with Crippen LogP contribution in [0, 0.1) is 0 Å². The third kappa shape index (κ3) is 13.4. The maximum absolute atomic E-state index is 13.9. The Hall–Kier alpha value is -5.66. The van der Waals surface area contributed by atoms with E-state index in [1.54, 1.807) is 66.7 Å². The Balaban J connectivity index is 0.000000250. The van der Waals surface area contributed by atoms with Crippen LogP contribution < -0.4 is 9.44 Å². The van der Waals surface area contributed by atoms with Crippen molar-refractivity contribution in [1.29, 1.82) is 0 Å². The Morgan fingerprint density at radius 3 is 1.34 bits per heavy atom. The molecule has 0 aliphatic carbocycles. The maximum Gasteiger partial charge on any atom is 0.335 e. The first-order chi connectivity index (χ1) is 30.7. The highest BCUT2D eigenvalue weighted by Gasteiger charge is 2.28. The molecule has 0 fully saturated rings. The summed E-state index contributed by atoms with van der Waals surface area (Å²) in [5.74, 6) is -1.52. The van der Waals surface area contributed by atoms with Crippen LogP contribution in [0.25, 0.3) is 0 Å². The Morgan fingerprint density at radius 2 is 0.938 bits per heavy atom. The molecule has 0 saturated carbocycles. The number of carbonyl (C=O) groups is 2. The molecule has 6 aromatic rings. The number of aryl methyl sites for hydroxylation is 4. The third-order valence-electron chi connectivity index (χ3n) is 10.8. The number of anilines is 2. The Kier molecular flexibility index (Phi) is 17.1. The quantitative estimate of drug-likeness (QED) is 0.0701. The Morgan fingerprint density at radius 1 is 0.523 bits per heavy atom. The first kappa shape index (κ1) is 50.3. The molecular weight excluding hydrogens is 904 g/mol. The molecule has 342 valence electrons. The normalized spacial score (nSPS) is 11.6. The van der Waals surface area contributed by atoms with Crippen molar-refractivity contribution in [3.8, 4) is 0 Å². The molecular formula is C51H54Cl2N2O8S2. The van der Waals surface area contributed by atoms with Gasteiger partial charge < -0.3 is 10.2 Å². The Bertz CT molecular complexity index is 2830. The van der Waals surface area contributed by atoms with Gasteiger partial charge in [-0.05, 0) is 137 Å². The van der Waals surface area contributed by atoms with Gasteiger partial charge in [0.25, 0.3) is 20.0 Å². The first-order valence-corrected chi connectivity index (χ1v) is 24.9. The zero-order valence-corrected chi connectivity index (χ0v) is 40.2. The van der Waals surface area contributed by atoms with E-state index in [9.17, 15) is 26.4 Å². The van der Waals surface area contributed by atoms with E-state index < -0.39 is 32.0 Å². The average molecular weight is 958 g/mol. The van der Waals surface area contributed by atoms with Gasteiger partial charge in [0.2, 0.25) is 0 Å². The first-order valence-electron chi connectivity index (χ1n) is 21.2. The minimum Gasteiger partial charge on any atom is -0.478 e. The van der Waals surface area contributed by atoms with Crippen LogP contribution in [0.1, 0.15) is 119 Å². The zero-order valence-electron chi connectivity index (χ0n) is 37.1. The molecule has 0 amide bonds. The van der Waals surface area contributed by atoms with Crippen molar-refractivity contribution < 1.29 is 36.6 Å². The van der Waals surface area contributed by atoms with E-state index in [1.807, 2.05) is 70.2 Å². The Labute approximate surface area is 392 Å². The summed E-state index contributed by atoms with van der Waals surface area (Å²) >= 11 is 12.0. The van der Waals surface area contributed by atoms with Gasteiger partial charge in [-0.25, -0.2) is 26.4 Å². The van der Waals surface area contributed by atoms with Crippen molar-refractivity contribution >= 4 is 66.6 Å². The van der Waals surface area contributed by atoms with Gasteiger partial charge in [0.1, 0.15) is 4.90 Å². The van der Waals surface area contributed by atoms with Gasteiger partial charge in [-0.1, -0.05) is 138 Å². The summed E-state index contributed by atoms with van der Waals surface area (Å²) in [4.78, 5) is 22.3. The monoisotopic (exact) mass is 956 g/mol. The van der Waals surface area contributed by atoms with Gasteiger partial charge in [0, 0.05) is 5.02 Å². The van der Waals surface area contributed by atoms with Gasteiger partial charge in [0.15, 0.2) is 0 Å². The summed E-state index contributed by atoms with van der Waals surface area (Å²) in [6.07, 6.45) is 2.46.